The van der Waals surface area contributed by atoms with Gasteiger partial charge in [0.1, 0.15) is 0 Å². The number of rotatable bonds is 6. The molecular formula is C15H20F3NO2. The highest BCUT2D eigenvalue weighted by molar-refractivity contribution is 5.69. The van der Waals surface area contributed by atoms with Gasteiger partial charge in [-0.2, -0.15) is 13.2 Å². The van der Waals surface area contributed by atoms with Gasteiger partial charge in [0.05, 0.1) is 18.6 Å². The maximum atomic E-state index is 12.5. The Hall–Kier alpha value is -1.56. The van der Waals surface area contributed by atoms with Crippen molar-refractivity contribution in [2.45, 2.75) is 38.9 Å². The van der Waals surface area contributed by atoms with Gasteiger partial charge >= 0.3 is 12.1 Å². The van der Waals surface area contributed by atoms with Crippen molar-refractivity contribution in [2.75, 3.05) is 13.2 Å². The first-order valence-electron chi connectivity index (χ1n) is 6.75. The van der Waals surface area contributed by atoms with E-state index in [-0.39, 0.29) is 12.4 Å². The van der Waals surface area contributed by atoms with E-state index in [4.69, 9.17) is 4.74 Å². The number of nitrogens with one attached hydrogen (secondary N) is 1. The molecule has 0 aliphatic carbocycles. The monoisotopic (exact) mass is 303 g/mol. The standard InChI is InChI=1S/C15H20F3NO2/c1-4-21-13(20)9-10-19-14(2,3)11-5-7-12(8-6-11)15(16,17)18/h5-8,19H,4,9-10H2,1-3H3. The van der Waals surface area contributed by atoms with Crippen LogP contribution in [-0.4, -0.2) is 19.1 Å². The summed E-state index contributed by atoms with van der Waals surface area (Å²) in [6.07, 6.45) is -4.11. The zero-order valence-electron chi connectivity index (χ0n) is 12.4. The molecule has 0 aromatic heterocycles. The van der Waals surface area contributed by atoms with E-state index in [0.29, 0.717) is 13.2 Å². The van der Waals surface area contributed by atoms with Crippen LogP contribution in [0.2, 0.25) is 0 Å². The number of alkyl halides is 3. The molecule has 0 aliphatic heterocycles. The van der Waals surface area contributed by atoms with Crippen LogP contribution in [-0.2, 0) is 21.2 Å². The molecule has 1 N–H and O–H groups in total. The van der Waals surface area contributed by atoms with Gasteiger partial charge in [0.2, 0.25) is 0 Å². The second-order valence-corrected chi connectivity index (χ2v) is 5.18. The van der Waals surface area contributed by atoms with Crippen LogP contribution in [0, 0.1) is 0 Å². The fourth-order valence-electron chi connectivity index (χ4n) is 1.89. The number of hydrogen-bond donors (Lipinski definition) is 1. The van der Waals surface area contributed by atoms with Gasteiger partial charge in [-0.15, -0.1) is 0 Å². The van der Waals surface area contributed by atoms with E-state index in [1.54, 1.807) is 6.92 Å². The highest BCUT2D eigenvalue weighted by Crippen LogP contribution is 2.30. The molecular weight excluding hydrogens is 283 g/mol. The summed E-state index contributed by atoms with van der Waals surface area (Å²) in [6, 6.07) is 5.01. The van der Waals surface area contributed by atoms with Crippen molar-refractivity contribution in [2.24, 2.45) is 0 Å². The zero-order valence-corrected chi connectivity index (χ0v) is 12.4. The number of hydrogen-bond acceptors (Lipinski definition) is 3. The molecule has 0 spiro atoms. The van der Waals surface area contributed by atoms with Crippen molar-refractivity contribution in [3.8, 4) is 0 Å². The average molecular weight is 303 g/mol. The van der Waals surface area contributed by atoms with E-state index in [1.807, 2.05) is 13.8 Å². The van der Waals surface area contributed by atoms with Gasteiger partial charge in [-0.3, -0.25) is 4.79 Å². The Morgan fingerprint density at radius 1 is 1.14 bits per heavy atom. The van der Waals surface area contributed by atoms with Crippen LogP contribution in [0.3, 0.4) is 0 Å². The number of benzene rings is 1. The second-order valence-electron chi connectivity index (χ2n) is 5.18. The largest absolute Gasteiger partial charge is 0.466 e. The fourth-order valence-corrected chi connectivity index (χ4v) is 1.89. The molecule has 1 aromatic rings. The third-order valence-corrected chi connectivity index (χ3v) is 3.14. The molecule has 118 valence electrons. The number of ether oxygens (including phenoxy) is 1. The van der Waals surface area contributed by atoms with Gasteiger partial charge in [-0.1, -0.05) is 12.1 Å². The third kappa shape index (κ3) is 5.38. The molecule has 0 fully saturated rings. The van der Waals surface area contributed by atoms with E-state index in [2.05, 4.69) is 5.32 Å². The first-order valence-corrected chi connectivity index (χ1v) is 6.75. The summed E-state index contributed by atoms with van der Waals surface area (Å²) < 4.78 is 42.4. The molecule has 0 radical (unpaired) electrons. The van der Waals surface area contributed by atoms with E-state index in [1.165, 1.54) is 12.1 Å². The van der Waals surface area contributed by atoms with Crippen LogP contribution < -0.4 is 5.32 Å². The summed E-state index contributed by atoms with van der Waals surface area (Å²) in [7, 11) is 0. The summed E-state index contributed by atoms with van der Waals surface area (Å²) in [5, 5.41) is 3.14. The van der Waals surface area contributed by atoms with Crippen LogP contribution >= 0.6 is 0 Å². The molecule has 0 bridgehead atoms. The molecule has 6 heteroatoms. The molecule has 0 aliphatic rings. The molecule has 3 nitrogen and oxygen atoms in total. The van der Waals surface area contributed by atoms with Gasteiger partial charge in [0.15, 0.2) is 0 Å². The average Bonchev–Trinajstić information content (AvgIpc) is 2.38. The lowest BCUT2D eigenvalue weighted by Crippen LogP contribution is -2.38. The molecule has 0 atom stereocenters. The van der Waals surface area contributed by atoms with E-state index in [0.717, 1.165) is 17.7 Å². The smallest absolute Gasteiger partial charge is 0.416 e. The SMILES string of the molecule is CCOC(=O)CCNC(C)(C)c1ccc(C(F)(F)F)cc1. The normalized spacial score (nSPS) is 12.3. The Bertz CT molecular complexity index is 467. The summed E-state index contributed by atoms with van der Waals surface area (Å²) in [5.41, 5.74) is -0.482. The van der Waals surface area contributed by atoms with Crippen molar-refractivity contribution in [1.82, 2.24) is 5.32 Å². The van der Waals surface area contributed by atoms with Gasteiger partial charge in [-0.05, 0) is 38.5 Å². The molecule has 1 rings (SSSR count). The predicted molar refractivity (Wildman–Crippen MR) is 73.7 cm³/mol. The van der Waals surface area contributed by atoms with Gasteiger partial charge < -0.3 is 10.1 Å². The van der Waals surface area contributed by atoms with Gasteiger partial charge in [-0.25, -0.2) is 0 Å². The molecule has 0 heterocycles. The Morgan fingerprint density at radius 2 is 1.67 bits per heavy atom. The Morgan fingerprint density at radius 3 is 2.14 bits per heavy atom. The molecule has 0 amide bonds. The van der Waals surface area contributed by atoms with Crippen LogP contribution in [0.15, 0.2) is 24.3 Å². The lowest BCUT2D eigenvalue weighted by atomic mass is 9.93. The minimum atomic E-state index is -4.33. The minimum Gasteiger partial charge on any atom is -0.466 e. The van der Waals surface area contributed by atoms with Crippen molar-refractivity contribution in [3.05, 3.63) is 35.4 Å². The second kappa shape index (κ2) is 6.93. The molecule has 0 saturated carbocycles. The lowest BCUT2D eigenvalue weighted by molar-refractivity contribution is -0.143. The lowest BCUT2D eigenvalue weighted by Gasteiger charge is -2.27. The molecule has 0 unspecified atom stereocenters. The quantitative estimate of drug-likeness (QED) is 0.818. The highest BCUT2D eigenvalue weighted by atomic mass is 19.4. The molecule has 21 heavy (non-hydrogen) atoms. The third-order valence-electron chi connectivity index (χ3n) is 3.14. The van der Waals surface area contributed by atoms with Crippen molar-refractivity contribution >= 4 is 5.97 Å². The topological polar surface area (TPSA) is 38.3 Å². The Kier molecular flexibility index (Phi) is 5.78. The minimum absolute atomic E-state index is 0.220. The van der Waals surface area contributed by atoms with Crippen LogP contribution in [0.1, 0.15) is 38.3 Å². The Labute approximate surface area is 122 Å². The van der Waals surface area contributed by atoms with E-state index >= 15 is 0 Å². The van der Waals surface area contributed by atoms with Crippen LogP contribution in [0.5, 0.6) is 0 Å². The maximum Gasteiger partial charge on any atom is 0.416 e. The number of carbonyl (C=O) groups is 1. The summed E-state index contributed by atoms with van der Waals surface area (Å²) in [6.45, 7) is 6.16. The van der Waals surface area contributed by atoms with Crippen molar-refractivity contribution in [3.63, 3.8) is 0 Å². The van der Waals surface area contributed by atoms with Gasteiger partial charge in [0, 0.05) is 12.1 Å². The van der Waals surface area contributed by atoms with Crippen LogP contribution in [0.4, 0.5) is 13.2 Å². The van der Waals surface area contributed by atoms with E-state index in [9.17, 15) is 18.0 Å². The highest BCUT2D eigenvalue weighted by Gasteiger charge is 2.30. The Balaban J connectivity index is 2.63. The zero-order chi connectivity index (χ0) is 16.1. The maximum absolute atomic E-state index is 12.5. The number of carbonyl (C=O) groups excluding carboxylic acids is 1. The number of halogens is 3. The van der Waals surface area contributed by atoms with E-state index < -0.39 is 17.3 Å². The summed E-state index contributed by atoms with van der Waals surface area (Å²) in [5.74, 6) is -0.298. The predicted octanol–water partition coefficient (Wildman–Crippen LogP) is 3.48. The first-order chi connectivity index (χ1) is 9.66. The summed E-state index contributed by atoms with van der Waals surface area (Å²) in [4.78, 5) is 11.2. The fraction of sp³-hybridized carbons (Fsp3) is 0.533. The molecule has 0 saturated heterocycles. The van der Waals surface area contributed by atoms with Gasteiger partial charge in [0.25, 0.3) is 0 Å². The molecule has 1 aromatic carbocycles. The van der Waals surface area contributed by atoms with Crippen LogP contribution in [0.25, 0.3) is 0 Å². The summed E-state index contributed by atoms with van der Waals surface area (Å²) >= 11 is 0. The number of esters is 1. The van der Waals surface area contributed by atoms with Crippen molar-refractivity contribution < 1.29 is 22.7 Å². The van der Waals surface area contributed by atoms with Crippen molar-refractivity contribution in [1.29, 1.82) is 0 Å². The first kappa shape index (κ1) is 17.5.